The molecule has 0 radical (unpaired) electrons. The molecule has 0 aliphatic heterocycles. The number of nitrogens with zero attached hydrogens (tertiary/aromatic N) is 4. The smallest absolute Gasteiger partial charge is 0.189 e. The van der Waals surface area contributed by atoms with Crippen molar-refractivity contribution in [1.82, 2.24) is 19.9 Å². The van der Waals surface area contributed by atoms with E-state index in [9.17, 15) is 4.79 Å². The van der Waals surface area contributed by atoms with Crippen molar-refractivity contribution < 1.29 is 9.53 Å². The van der Waals surface area contributed by atoms with E-state index in [1.165, 1.54) is 11.3 Å². The fraction of sp³-hybridized carbons (Fsp3) is 0.115. The number of methoxy groups -OCH3 is 1. The second-order valence-corrected chi connectivity index (χ2v) is 8.48. The zero-order valence-electron chi connectivity index (χ0n) is 18.6. The number of Topliss-reactive ketones (excluding diaryl/α,β-unsaturated/α-hetero) is 1. The molecular weight excluding hydrogens is 446 g/mol. The number of fused-ring (bicyclic) bond motifs is 1. The van der Waals surface area contributed by atoms with Gasteiger partial charge in [-0.15, -0.1) is 0 Å². The summed E-state index contributed by atoms with van der Waals surface area (Å²) in [4.78, 5) is 31.8. The SMILES string of the molecule is CCC(=O)c1sc(Nc2nc(-c3cccnc3)nc3ccc(OC)cc23)nc1-c1ccccc1. The first-order valence-corrected chi connectivity index (χ1v) is 11.6. The van der Waals surface area contributed by atoms with E-state index < -0.39 is 0 Å². The summed E-state index contributed by atoms with van der Waals surface area (Å²) in [5.41, 5.74) is 3.12. The molecule has 0 aliphatic rings. The average molecular weight is 468 g/mol. The first-order valence-electron chi connectivity index (χ1n) is 10.8. The van der Waals surface area contributed by atoms with E-state index in [0.717, 1.165) is 22.0 Å². The van der Waals surface area contributed by atoms with E-state index in [4.69, 9.17) is 19.7 Å². The standard InChI is InChI=1S/C26H21N5O2S/c1-3-21(32)23-22(16-8-5-4-6-9-16)29-26(34-23)31-25-19-14-18(33-2)11-12-20(19)28-24(30-25)17-10-7-13-27-15-17/h4-15H,3H2,1-2H3,(H,28,29,30,31). The number of anilines is 2. The molecule has 0 saturated heterocycles. The van der Waals surface area contributed by atoms with E-state index in [2.05, 4.69) is 10.3 Å². The lowest BCUT2D eigenvalue weighted by atomic mass is 10.1. The molecule has 2 aromatic carbocycles. The molecule has 8 heteroatoms. The van der Waals surface area contributed by atoms with Gasteiger partial charge in [0, 0.05) is 35.3 Å². The third kappa shape index (κ3) is 4.23. The van der Waals surface area contributed by atoms with Gasteiger partial charge in [0.15, 0.2) is 16.7 Å². The van der Waals surface area contributed by atoms with Gasteiger partial charge in [-0.3, -0.25) is 9.78 Å². The number of hydrogen-bond donors (Lipinski definition) is 1. The van der Waals surface area contributed by atoms with E-state index in [1.807, 2.05) is 67.6 Å². The van der Waals surface area contributed by atoms with Crippen LogP contribution in [0.5, 0.6) is 5.75 Å². The van der Waals surface area contributed by atoms with Crippen molar-refractivity contribution in [2.45, 2.75) is 13.3 Å². The van der Waals surface area contributed by atoms with Gasteiger partial charge in [0.25, 0.3) is 0 Å². The molecule has 0 fully saturated rings. The van der Waals surface area contributed by atoms with Crippen molar-refractivity contribution in [3.05, 3.63) is 77.9 Å². The zero-order valence-corrected chi connectivity index (χ0v) is 19.5. The number of pyridine rings is 1. The number of rotatable bonds is 7. The summed E-state index contributed by atoms with van der Waals surface area (Å²) >= 11 is 1.33. The van der Waals surface area contributed by atoms with Crippen molar-refractivity contribution in [3.8, 4) is 28.4 Å². The second-order valence-electron chi connectivity index (χ2n) is 7.49. The Labute approximate surface area is 200 Å². The molecule has 0 atom stereocenters. The summed E-state index contributed by atoms with van der Waals surface area (Å²) in [5, 5.41) is 4.71. The molecule has 0 spiro atoms. The van der Waals surface area contributed by atoms with E-state index in [1.54, 1.807) is 19.5 Å². The molecule has 0 bridgehead atoms. The van der Waals surface area contributed by atoms with Crippen LogP contribution in [0.25, 0.3) is 33.5 Å². The van der Waals surface area contributed by atoms with Crippen LogP contribution in [0.1, 0.15) is 23.0 Å². The number of aromatic nitrogens is 4. The molecule has 34 heavy (non-hydrogen) atoms. The number of ether oxygens (including phenoxy) is 1. The molecule has 168 valence electrons. The van der Waals surface area contributed by atoms with Crippen molar-refractivity contribution >= 4 is 39.0 Å². The van der Waals surface area contributed by atoms with Gasteiger partial charge < -0.3 is 10.1 Å². The summed E-state index contributed by atoms with van der Waals surface area (Å²) < 4.78 is 5.42. The average Bonchev–Trinajstić information content (AvgIpc) is 3.32. The quantitative estimate of drug-likeness (QED) is 0.287. The molecule has 3 aromatic heterocycles. The van der Waals surface area contributed by atoms with Crippen LogP contribution >= 0.6 is 11.3 Å². The first-order chi connectivity index (χ1) is 16.7. The Kier molecular flexibility index (Phi) is 5.97. The summed E-state index contributed by atoms with van der Waals surface area (Å²) in [5.74, 6) is 1.86. The van der Waals surface area contributed by atoms with Crippen LogP contribution < -0.4 is 10.1 Å². The second kappa shape index (κ2) is 9.36. The van der Waals surface area contributed by atoms with Gasteiger partial charge in [-0.25, -0.2) is 15.0 Å². The zero-order chi connectivity index (χ0) is 23.5. The molecule has 0 saturated carbocycles. The molecule has 0 unspecified atom stereocenters. The number of benzene rings is 2. The highest BCUT2D eigenvalue weighted by atomic mass is 32.1. The van der Waals surface area contributed by atoms with Gasteiger partial charge in [0.2, 0.25) is 0 Å². The number of hydrogen-bond acceptors (Lipinski definition) is 8. The molecule has 5 aromatic rings. The maximum absolute atomic E-state index is 12.7. The van der Waals surface area contributed by atoms with Crippen LogP contribution in [0.15, 0.2) is 73.1 Å². The lowest BCUT2D eigenvalue weighted by Crippen LogP contribution is -2.00. The Morgan fingerprint density at radius 3 is 2.56 bits per heavy atom. The lowest BCUT2D eigenvalue weighted by molar-refractivity contribution is 0.0992. The maximum atomic E-state index is 12.7. The minimum absolute atomic E-state index is 0.0506. The maximum Gasteiger partial charge on any atom is 0.189 e. The summed E-state index contributed by atoms with van der Waals surface area (Å²) in [6.07, 6.45) is 3.84. The highest BCUT2D eigenvalue weighted by molar-refractivity contribution is 7.18. The van der Waals surface area contributed by atoms with Crippen LogP contribution in [0, 0.1) is 0 Å². The van der Waals surface area contributed by atoms with Gasteiger partial charge >= 0.3 is 0 Å². The Bertz CT molecular complexity index is 1470. The van der Waals surface area contributed by atoms with E-state index in [0.29, 0.717) is 39.5 Å². The Morgan fingerprint density at radius 1 is 1.00 bits per heavy atom. The predicted octanol–water partition coefficient (Wildman–Crippen LogP) is 6.16. The Morgan fingerprint density at radius 2 is 1.82 bits per heavy atom. The molecule has 0 amide bonds. The predicted molar refractivity (Wildman–Crippen MR) is 135 cm³/mol. The summed E-state index contributed by atoms with van der Waals surface area (Å²) in [7, 11) is 1.62. The highest BCUT2D eigenvalue weighted by Gasteiger charge is 2.20. The summed E-state index contributed by atoms with van der Waals surface area (Å²) in [6, 6.07) is 19.1. The van der Waals surface area contributed by atoms with Crippen LogP contribution in [0.4, 0.5) is 10.9 Å². The van der Waals surface area contributed by atoms with Gasteiger partial charge in [-0.1, -0.05) is 48.6 Å². The number of nitrogens with one attached hydrogen (secondary N) is 1. The third-order valence-corrected chi connectivity index (χ3v) is 6.31. The van der Waals surface area contributed by atoms with Crippen LogP contribution in [-0.4, -0.2) is 32.8 Å². The molecule has 1 N–H and O–H groups in total. The van der Waals surface area contributed by atoms with Crippen molar-refractivity contribution in [2.24, 2.45) is 0 Å². The van der Waals surface area contributed by atoms with Crippen LogP contribution in [0.2, 0.25) is 0 Å². The van der Waals surface area contributed by atoms with E-state index in [-0.39, 0.29) is 5.78 Å². The normalized spacial score (nSPS) is 10.9. The monoisotopic (exact) mass is 467 g/mol. The highest BCUT2D eigenvalue weighted by Crippen LogP contribution is 2.35. The van der Waals surface area contributed by atoms with Gasteiger partial charge in [-0.2, -0.15) is 0 Å². The molecule has 3 heterocycles. The molecule has 7 nitrogen and oxygen atoms in total. The number of thiazole rings is 1. The summed E-state index contributed by atoms with van der Waals surface area (Å²) in [6.45, 7) is 1.86. The Balaban J connectivity index is 1.64. The lowest BCUT2D eigenvalue weighted by Gasteiger charge is -2.10. The van der Waals surface area contributed by atoms with Crippen molar-refractivity contribution in [1.29, 1.82) is 0 Å². The van der Waals surface area contributed by atoms with Crippen LogP contribution in [-0.2, 0) is 0 Å². The van der Waals surface area contributed by atoms with E-state index >= 15 is 0 Å². The number of carbonyl (C=O) groups excluding carboxylic acids is 1. The third-order valence-electron chi connectivity index (χ3n) is 5.30. The minimum atomic E-state index is 0.0506. The molecule has 5 rings (SSSR count). The van der Waals surface area contributed by atoms with Crippen molar-refractivity contribution in [2.75, 3.05) is 12.4 Å². The largest absolute Gasteiger partial charge is 0.497 e. The fourth-order valence-corrected chi connectivity index (χ4v) is 4.57. The van der Waals surface area contributed by atoms with Gasteiger partial charge in [0.1, 0.15) is 11.6 Å². The first kappa shape index (κ1) is 21.7. The number of ketones is 1. The minimum Gasteiger partial charge on any atom is -0.497 e. The number of carbonyl (C=O) groups is 1. The molecule has 0 aliphatic carbocycles. The van der Waals surface area contributed by atoms with Crippen molar-refractivity contribution in [3.63, 3.8) is 0 Å². The fourth-order valence-electron chi connectivity index (χ4n) is 3.57. The van der Waals surface area contributed by atoms with Gasteiger partial charge in [-0.05, 0) is 30.3 Å². The Hall–Kier alpha value is -4.17. The topological polar surface area (TPSA) is 89.9 Å². The molecular formula is C26H21N5O2S. The van der Waals surface area contributed by atoms with Gasteiger partial charge in [0.05, 0.1) is 23.2 Å². The van der Waals surface area contributed by atoms with Crippen LogP contribution in [0.3, 0.4) is 0 Å².